The van der Waals surface area contributed by atoms with Crippen molar-refractivity contribution in [3.63, 3.8) is 0 Å². The molecule has 1 aliphatic rings. The van der Waals surface area contributed by atoms with Gasteiger partial charge < -0.3 is 4.74 Å². The lowest BCUT2D eigenvalue weighted by atomic mass is 10.2. The number of esters is 1. The van der Waals surface area contributed by atoms with E-state index in [1.165, 1.54) is 6.92 Å². The van der Waals surface area contributed by atoms with Gasteiger partial charge in [-0.1, -0.05) is 36.4 Å². The smallest absolute Gasteiger partial charge is 0.363 e. The maximum absolute atomic E-state index is 12.2. The fourth-order valence-electron chi connectivity index (χ4n) is 2.89. The van der Waals surface area contributed by atoms with Crippen LogP contribution in [0.25, 0.3) is 17.0 Å². The van der Waals surface area contributed by atoms with Gasteiger partial charge in [0.25, 0.3) is 0 Å². The summed E-state index contributed by atoms with van der Waals surface area (Å²) >= 11 is 0. The first-order valence-corrected chi connectivity index (χ1v) is 7.83. The molecule has 2 aromatic carbocycles. The van der Waals surface area contributed by atoms with E-state index in [4.69, 9.17) is 4.74 Å². The summed E-state index contributed by atoms with van der Waals surface area (Å²) in [5.41, 5.74) is 2.29. The molecule has 25 heavy (non-hydrogen) atoms. The summed E-state index contributed by atoms with van der Waals surface area (Å²) in [5.74, 6) is -0.395. The number of benzene rings is 2. The highest BCUT2D eigenvalue weighted by Crippen LogP contribution is 2.24. The van der Waals surface area contributed by atoms with Gasteiger partial charge in [0.05, 0.1) is 11.2 Å². The Morgan fingerprint density at radius 2 is 1.80 bits per heavy atom. The highest BCUT2D eigenvalue weighted by Gasteiger charge is 2.25. The number of ether oxygens (including phenoxy) is 1. The first-order valence-electron chi connectivity index (χ1n) is 7.83. The predicted octanol–water partition coefficient (Wildman–Crippen LogP) is 3.65. The largest absolute Gasteiger partial charge is 0.402 e. The van der Waals surface area contributed by atoms with Gasteiger partial charge in [-0.15, -0.1) is 0 Å². The lowest BCUT2D eigenvalue weighted by Crippen LogP contribution is -2.08. The zero-order chi connectivity index (χ0) is 17.4. The van der Waals surface area contributed by atoms with Gasteiger partial charge in [-0.05, 0) is 30.3 Å². The molecule has 4 rings (SSSR count). The SMILES string of the molecule is CC(=O)n1c(C=C2N=C(c3ccccc3)OC2=O)cc2ccccc21. The molecule has 0 saturated heterocycles. The number of aliphatic imine (C=N–C) groups is 1. The fraction of sp³-hybridized carbons (Fsp3) is 0.0500. The van der Waals surface area contributed by atoms with Crippen molar-refractivity contribution in [2.75, 3.05) is 0 Å². The number of nitrogens with zero attached hydrogens (tertiary/aromatic N) is 2. The summed E-state index contributed by atoms with van der Waals surface area (Å²) in [7, 11) is 0. The van der Waals surface area contributed by atoms with E-state index in [0.29, 0.717) is 5.69 Å². The molecular formula is C20H14N2O3. The molecule has 0 atom stereocenters. The normalized spacial score (nSPS) is 15.5. The number of cyclic esters (lactones) is 1. The number of carbonyl (C=O) groups is 2. The van der Waals surface area contributed by atoms with E-state index in [-0.39, 0.29) is 17.5 Å². The summed E-state index contributed by atoms with van der Waals surface area (Å²) in [5, 5.41) is 0.920. The number of fused-ring (bicyclic) bond motifs is 1. The highest BCUT2D eigenvalue weighted by atomic mass is 16.6. The van der Waals surface area contributed by atoms with Crippen LogP contribution >= 0.6 is 0 Å². The van der Waals surface area contributed by atoms with Crippen LogP contribution in [-0.4, -0.2) is 22.3 Å². The van der Waals surface area contributed by atoms with Gasteiger partial charge >= 0.3 is 5.97 Å². The van der Waals surface area contributed by atoms with E-state index in [1.54, 1.807) is 10.6 Å². The minimum absolute atomic E-state index is 0.133. The monoisotopic (exact) mass is 330 g/mol. The van der Waals surface area contributed by atoms with Crippen LogP contribution in [0, 0.1) is 0 Å². The van der Waals surface area contributed by atoms with Gasteiger partial charge in [0.15, 0.2) is 5.70 Å². The molecule has 0 bridgehead atoms. The van der Waals surface area contributed by atoms with Crippen molar-refractivity contribution in [1.29, 1.82) is 0 Å². The second-order valence-corrected chi connectivity index (χ2v) is 5.68. The fourth-order valence-corrected chi connectivity index (χ4v) is 2.89. The topological polar surface area (TPSA) is 60.7 Å². The Kier molecular flexibility index (Phi) is 3.54. The van der Waals surface area contributed by atoms with Crippen molar-refractivity contribution >= 4 is 34.8 Å². The molecule has 1 aliphatic heterocycles. The van der Waals surface area contributed by atoms with Crippen LogP contribution in [0.2, 0.25) is 0 Å². The van der Waals surface area contributed by atoms with E-state index >= 15 is 0 Å². The average Bonchev–Trinajstić information content (AvgIpc) is 3.16. The molecule has 0 fully saturated rings. The predicted molar refractivity (Wildman–Crippen MR) is 95.3 cm³/mol. The van der Waals surface area contributed by atoms with Gasteiger partial charge in [0, 0.05) is 17.9 Å². The summed E-state index contributed by atoms with van der Waals surface area (Å²) < 4.78 is 6.82. The maximum Gasteiger partial charge on any atom is 0.363 e. The third kappa shape index (κ3) is 2.65. The highest BCUT2D eigenvalue weighted by molar-refractivity contribution is 6.13. The molecule has 5 heteroatoms. The van der Waals surface area contributed by atoms with Gasteiger partial charge in [-0.3, -0.25) is 9.36 Å². The standard InChI is InChI=1S/C20H14N2O3/c1-13(23)22-16(11-15-9-5-6-10-18(15)22)12-17-20(24)25-19(21-17)14-7-3-2-4-8-14/h2-12H,1H3. The molecule has 3 aromatic rings. The Morgan fingerprint density at radius 1 is 1.08 bits per heavy atom. The lowest BCUT2D eigenvalue weighted by molar-refractivity contribution is -0.129. The quantitative estimate of drug-likeness (QED) is 0.532. The van der Waals surface area contributed by atoms with E-state index in [0.717, 1.165) is 16.5 Å². The number of hydrogen-bond donors (Lipinski definition) is 0. The van der Waals surface area contributed by atoms with Gasteiger partial charge in [-0.2, -0.15) is 0 Å². The van der Waals surface area contributed by atoms with Gasteiger partial charge in [0.2, 0.25) is 11.8 Å². The molecule has 0 saturated carbocycles. The Labute approximate surface area is 143 Å². The van der Waals surface area contributed by atoms with Crippen molar-refractivity contribution in [2.24, 2.45) is 4.99 Å². The molecule has 1 aromatic heterocycles. The summed E-state index contributed by atoms with van der Waals surface area (Å²) in [6.45, 7) is 1.49. The van der Waals surface area contributed by atoms with Crippen LogP contribution in [0.15, 0.2) is 71.4 Å². The first-order chi connectivity index (χ1) is 12.1. The van der Waals surface area contributed by atoms with E-state index < -0.39 is 5.97 Å². The van der Waals surface area contributed by atoms with Crippen molar-refractivity contribution in [1.82, 2.24) is 4.57 Å². The molecule has 0 aliphatic carbocycles. The molecule has 0 radical (unpaired) electrons. The third-order valence-corrected chi connectivity index (χ3v) is 3.98. The van der Waals surface area contributed by atoms with E-state index in [2.05, 4.69) is 4.99 Å². The van der Waals surface area contributed by atoms with Gasteiger partial charge in [-0.25, -0.2) is 9.79 Å². The Hall–Kier alpha value is -3.47. The molecule has 2 heterocycles. The number of aromatic nitrogens is 1. The van der Waals surface area contributed by atoms with Crippen molar-refractivity contribution < 1.29 is 14.3 Å². The van der Waals surface area contributed by atoms with Gasteiger partial charge in [0.1, 0.15) is 0 Å². The minimum Gasteiger partial charge on any atom is -0.402 e. The zero-order valence-corrected chi connectivity index (χ0v) is 13.5. The lowest BCUT2D eigenvalue weighted by Gasteiger charge is -2.02. The summed E-state index contributed by atoms with van der Waals surface area (Å²) in [6.07, 6.45) is 1.58. The Balaban J connectivity index is 1.82. The van der Waals surface area contributed by atoms with Crippen LogP contribution < -0.4 is 0 Å². The van der Waals surface area contributed by atoms with Crippen molar-refractivity contribution in [3.05, 3.63) is 77.6 Å². The summed E-state index contributed by atoms with van der Waals surface area (Å²) in [4.78, 5) is 28.5. The van der Waals surface area contributed by atoms with Crippen LogP contribution in [0.1, 0.15) is 23.0 Å². The first kappa shape index (κ1) is 15.1. The molecule has 0 N–H and O–H groups in total. The second kappa shape index (κ2) is 5.87. The zero-order valence-electron chi connectivity index (χ0n) is 13.5. The number of rotatable bonds is 2. The molecule has 122 valence electrons. The van der Waals surface area contributed by atoms with Crippen molar-refractivity contribution in [3.8, 4) is 0 Å². The molecule has 0 spiro atoms. The second-order valence-electron chi connectivity index (χ2n) is 5.68. The number of hydrogen-bond acceptors (Lipinski definition) is 4. The van der Waals surface area contributed by atoms with Crippen LogP contribution in [-0.2, 0) is 9.53 Å². The average molecular weight is 330 g/mol. The minimum atomic E-state index is -0.529. The van der Waals surface area contributed by atoms with E-state index in [1.807, 2.05) is 60.7 Å². The van der Waals surface area contributed by atoms with E-state index in [9.17, 15) is 9.59 Å². The number of carbonyl (C=O) groups excluding carboxylic acids is 2. The van der Waals surface area contributed by atoms with Crippen molar-refractivity contribution in [2.45, 2.75) is 6.92 Å². The molecule has 5 nitrogen and oxygen atoms in total. The van der Waals surface area contributed by atoms with Crippen LogP contribution in [0.3, 0.4) is 0 Å². The molecule has 0 unspecified atom stereocenters. The van der Waals surface area contributed by atoms with Crippen LogP contribution in [0.5, 0.6) is 0 Å². The molecule has 0 amide bonds. The Morgan fingerprint density at radius 3 is 2.56 bits per heavy atom. The van der Waals surface area contributed by atoms with Crippen LogP contribution in [0.4, 0.5) is 0 Å². The number of para-hydroxylation sites is 1. The Bertz CT molecular complexity index is 1060. The summed E-state index contributed by atoms with van der Waals surface area (Å²) in [6, 6.07) is 18.6. The maximum atomic E-state index is 12.2. The third-order valence-electron chi connectivity index (χ3n) is 3.98. The molecular weight excluding hydrogens is 316 g/mol.